The van der Waals surface area contributed by atoms with Crippen LogP contribution in [0.15, 0.2) is 18.2 Å². The Morgan fingerprint density at radius 3 is 1.17 bits per heavy atom. The monoisotopic (exact) mass is 679 g/mol. The van der Waals surface area contributed by atoms with E-state index in [1.165, 1.54) is 18.2 Å². The van der Waals surface area contributed by atoms with Crippen LogP contribution in [0.2, 0.25) is 0 Å². The molecule has 0 aromatic heterocycles. The Morgan fingerprint density at radius 2 is 0.931 bits per heavy atom. The van der Waals surface area contributed by atoms with Crippen molar-refractivity contribution in [1.29, 1.82) is 0 Å². The molecule has 0 amide bonds. The summed E-state index contributed by atoms with van der Waals surface area (Å²) in [4.78, 5) is 0. The summed E-state index contributed by atoms with van der Waals surface area (Å²) in [5, 5.41) is 0. The Bertz CT molecular complexity index is 669. The molecule has 29 heavy (non-hydrogen) atoms. The summed E-state index contributed by atoms with van der Waals surface area (Å²) in [6, 6.07) is 4.43. The fourth-order valence-electron chi connectivity index (χ4n) is 2.23. The third kappa shape index (κ3) is 5.75. The van der Waals surface area contributed by atoms with Crippen LogP contribution in [-0.4, -0.2) is 16.3 Å². The molecule has 0 saturated carbocycles. The highest BCUT2D eigenvalue weighted by molar-refractivity contribution is 6.79. The fraction of sp³-hybridized carbons (Fsp3) is 0.533. The van der Waals surface area contributed by atoms with Gasteiger partial charge in [0, 0.05) is 0 Å². The van der Waals surface area contributed by atoms with Crippen molar-refractivity contribution in [2.75, 3.05) is 0 Å². The maximum Gasteiger partial charge on any atom is 0.226 e. The molecule has 0 N–H and O–H groups in total. The van der Waals surface area contributed by atoms with Crippen LogP contribution in [0.4, 0.5) is 0 Å². The van der Waals surface area contributed by atoms with Crippen molar-refractivity contribution in [3.05, 3.63) is 41.3 Å². The van der Waals surface area contributed by atoms with E-state index in [0.29, 0.717) is 6.42 Å². The van der Waals surface area contributed by atoms with E-state index in [2.05, 4.69) is 0 Å². The van der Waals surface area contributed by atoms with E-state index in [1.54, 1.807) is 6.42 Å². The van der Waals surface area contributed by atoms with Gasteiger partial charge in [-0.2, -0.15) is 0 Å². The zero-order chi connectivity index (χ0) is 23.3. The molecule has 167 valence electrons. The minimum atomic E-state index is -2.32. The Morgan fingerprint density at radius 1 is 0.621 bits per heavy atom. The average molecular weight is 686 g/mol. The Kier molecular flexibility index (Phi) is 10.6. The van der Waals surface area contributed by atoms with Crippen molar-refractivity contribution in [2.24, 2.45) is 0 Å². The highest BCUT2D eigenvalue weighted by atomic mass is 35.6. The third-order valence-electron chi connectivity index (χ3n) is 3.69. The molecular weight excluding hydrogens is 677 g/mol. The van der Waals surface area contributed by atoms with Gasteiger partial charge in [-0.3, -0.25) is 0 Å². The van der Waals surface area contributed by atoms with Crippen LogP contribution in [0.25, 0.3) is 0 Å². The Labute approximate surface area is 239 Å². The second kappa shape index (κ2) is 10.1. The van der Waals surface area contributed by atoms with E-state index in [4.69, 9.17) is 162 Å². The van der Waals surface area contributed by atoms with Gasteiger partial charge in [0.05, 0.1) is 0 Å². The maximum absolute atomic E-state index is 6.50. The molecule has 1 rings (SSSR count). The number of hydrogen-bond acceptors (Lipinski definition) is 0. The molecule has 0 aliphatic carbocycles. The molecule has 0 nitrogen and oxygen atoms in total. The van der Waals surface area contributed by atoms with Crippen LogP contribution in [0.3, 0.4) is 0 Å². The summed E-state index contributed by atoms with van der Waals surface area (Å²) < 4.78 is -13.6. The SMILES string of the molecule is CC[CH]c1c(C(Cl)(Cl)C(Cl)(Cl)C(Cl)(Cl)Cl)cccc1C(Cl)(Cl)C(Cl)(Cl)C(Cl)(Cl)Cl. The van der Waals surface area contributed by atoms with Crippen LogP contribution in [0.5, 0.6) is 0 Å². The van der Waals surface area contributed by atoms with E-state index >= 15 is 0 Å². The standard InChI is InChI=1S/C15H9Cl14/c1-2-4-7-8(10(16,17)12(20,21)14(24,25)26)5-3-6-9(7)11(18,19)13(22,23)15(27,28)29/h3-6H,2H2,1H3. The zero-order valence-corrected chi connectivity index (χ0v) is 24.4. The highest BCUT2D eigenvalue weighted by Gasteiger charge is 2.63. The average Bonchev–Trinajstić information content (AvgIpc) is 2.52. The molecule has 0 atom stereocenters. The van der Waals surface area contributed by atoms with E-state index in [1.807, 2.05) is 6.92 Å². The van der Waals surface area contributed by atoms with Crippen LogP contribution in [-0.2, 0) is 8.67 Å². The summed E-state index contributed by atoms with van der Waals surface area (Å²) in [5.41, 5.74) is 0.441. The number of halogens is 14. The van der Waals surface area contributed by atoms with Gasteiger partial charge in [-0.25, -0.2) is 0 Å². The molecule has 0 bridgehead atoms. The van der Waals surface area contributed by atoms with Gasteiger partial charge in [0.15, 0.2) is 8.67 Å². The van der Waals surface area contributed by atoms with Gasteiger partial charge in [-0.05, 0) is 29.5 Å². The van der Waals surface area contributed by atoms with E-state index < -0.39 is 24.9 Å². The molecule has 0 aliphatic heterocycles. The molecule has 14 heteroatoms. The van der Waals surface area contributed by atoms with E-state index in [-0.39, 0.29) is 16.7 Å². The van der Waals surface area contributed by atoms with Gasteiger partial charge in [-0.1, -0.05) is 188 Å². The second-order valence-electron chi connectivity index (χ2n) is 5.67. The summed E-state index contributed by atoms with van der Waals surface area (Å²) in [6.07, 6.45) is 2.10. The Hall–Kier alpha value is 3.28. The number of hydrogen-bond donors (Lipinski definition) is 0. The van der Waals surface area contributed by atoms with Gasteiger partial charge in [0.1, 0.15) is 0 Å². The molecule has 0 heterocycles. The van der Waals surface area contributed by atoms with Crippen LogP contribution in [0, 0.1) is 6.42 Å². The molecular formula is C15H9Cl14. The van der Waals surface area contributed by atoms with Crippen LogP contribution >= 0.6 is 162 Å². The van der Waals surface area contributed by atoms with Crippen molar-refractivity contribution >= 4 is 162 Å². The quantitative estimate of drug-likeness (QED) is 0.262. The fourth-order valence-corrected chi connectivity index (χ4v) is 5.30. The first-order valence-corrected chi connectivity index (χ1v) is 12.6. The number of benzene rings is 1. The van der Waals surface area contributed by atoms with Gasteiger partial charge in [-0.15, -0.1) is 0 Å². The number of alkyl halides is 14. The van der Waals surface area contributed by atoms with Crippen molar-refractivity contribution in [3.8, 4) is 0 Å². The molecule has 1 radical (unpaired) electrons. The van der Waals surface area contributed by atoms with Crippen LogP contribution < -0.4 is 0 Å². The first-order chi connectivity index (χ1) is 12.7. The minimum absolute atomic E-state index is 0.0932. The predicted molar refractivity (Wildman–Crippen MR) is 136 cm³/mol. The number of rotatable bonds is 6. The molecule has 1 aromatic rings. The first kappa shape index (κ1) is 30.3. The molecule has 0 fully saturated rings. The Balaban J connectivity index is 3.87. The van der Waals surface area contributed by atoms with Gasteiger partial charge >= 0.3 is 0 Å². The molecule has 0 spiro atoms. The van der Waals surface area contributed by atoms with Crippen molar-refractivity contribution in [1.82, 2.24) is 0 Å². The predicted octanol–water partition coefficient (Wildman–Crippen LogP) is 11.0. The lowest BCUT2D eigenvalue weighted by atomic mass is 9.91. The van der Waals surface area contributed by atoms with Crippen molar-refractivity contribution in [3.63, 3.8) is 0 Å². The zero-order valence-electron chi connectivity index (χ0n) is 13.8. The normalized spacial score (nSPS) is 15.0. The van der Waals surface area contributed by atoms with Crippen molar-refractivity contribution < 1.29 is 0 Å². The summed E-state index contributed by atoms with van der Waals surface area (Å²) >= 11 is 86.4. The molecule has 0 aliphatic rings. The minimum Gasteiger partial charge on any atom is -0.0930 e. The first-order valence-electron chi connectivity index (χ1n) is 7.29. The second-order valence-corrected chi connectivity index (χ2v) is 15.5. The maximum atomic E-state index is 6.50. The third-order valence-corrected chi connectivity index (χ3v) is 11.5. The van der Waals surface area contributed by atoms with Gasteiger partial charge < -0.3 is 0 Å². The largest absolute Gasteiger partial charge is 0.226 e. The van der Waals surface area contributed by atoms with Crippen LogP contribution in [0.1, 0.15) is 30.0 Å². The summed E-state index contributed by atoms with van der Waals surface area (Å²) in [7, 11) is 0. The topological polar surface area (TPSA) is 0 Å². The molecule has 0 unspecified atom stereocenters. The highest BCUT2D eigenvalue weighted by Crippen LogP contribution is 2.64. The molecule has 0 saturated heterocycles. The van der Waals surface area contributed by atoms with E-state index in [0.717, 1.165) is 0 Å². The summed E-state index contributed by atoms with van der Waals surface area (Å²) in [6.45, 7) is 1.81. The van der Waals surface area contributed by atoms with Gasteiger partial charge in [0.2, 0.25) is 16.3 Å². The van der Waals surface area contributed by atoms with Gasteiger partial charge in [0.25, 0.3) is 0 Å². The lowest BCUT2D eigenvalue weighted by molar-refractivity contribution is 0.674. The lowest BCUT2D eigenvalue weighted by Crippen LogP contribution is -2.47. The smallest absolute Gasteiger partial charge is 0.0930 e. The lowest BCUT2D eigenvalue weighted by Gasteiger charge is -2.41. The molecule has 1 aromatic carbocycles. The summed E-state index contributed by atoms with van der Waals surface area (Å²) in [5.74, 6) is 0. The van der Waals surface area contributed by atoms with Crippen molar-refractivity contribution in [2.45, 2.75) is 38.3 Å². The van der Waals surface area contributed by atoms with E-state index in [9.17, 15) is 0 Å².